The van der Waals surface area contributed by atoms with Crippen LogP contribution in [0.25, 0.3) is 0 Å². The molecule has 0 amide bonds. The van der Waals surface area contributed by atoms with E-state index in [9.17, 15) is 8.42 Å². The average Bonchev–Trinajstić information content (AvgIpc) is 2.91. The molecule has 0 aliphatic carbocycles. The summed E-state index contributed by atoms with van der Waals surface area (Å²) in [4.78, 5) is 0.0124. The summed E-state index contributed by atoms with van der Waals surface area (Å²) in [5.41, 5.74) is 5.93. The third-order valence-electron chi connectivity index (χ3n) is 2.86. The molecule has 0 fully saturated rings. The minimum atomic E-state index is -3.72. The van der Waals surface area contributed by atoms with Gasteiger partial charge in [0.25, 0.3) is 0 Å². The number of anilines is 1. The van der Waals surface area contributed by atoms with Gasteiger partial charge in [-0.1, -0.05) is 18.5 Å². The van der Waals surface area contributed by atoms with Crippen molar-refractivity contribution in [3.63, 3.8) is 0 Å². The first-order chi connectivity index (χ1) is 9.45. The lowest BCUT2D eigenvalue weighted by atomic mass is 10.3. The lowest BCUT2D eigenvalue weighted by Gasteiger charge is -2.20. The van der Waals surface area contributed by atoms with Crippen molar-refractivity contribution < 1.29 is 12.8 Å². The summed E-state index contributed by atoms with van der Waals surface area (Å²) < 4.78 is 31.7. The zero-order valence-corrected chi connectivity index (χ0v) is 12.5. The Morgan fingerprint density at radius 2 is 2.10 bits per heavy atom. The summed E-state index contributed by atoms with van der Waals surface area (Å²) >= 11 is 5.86. The van der Waals surface area contributed by atoms with Crippen molar-refractivity contribution in [2.75, 3.05) is 12.3 Å². The van der Waals surface area contributed by atoms with Gasteiger partial charge in [-0.2, -0.15) is 4.31 Å². The van der Waals surface area contributed by atoms with Gasteiger partial charge >= 0.3 is 0 Å². The summed E-state index contributed by atoms with van der Waals surface area (Å²) in [6.07, 6.45) is 1.50. The molecular weight excluding hydrogens is 300 g/mol. The molecule has 1 aromatic heterocycles. The molecule has 0 bridgehead atoms. The van der Waals surface area contributed by atoms with E-state index < -0.39 is 10.0 Å². The van der Waals surface area contributed by atoms with Crippen molar-refractivity contribution in [1.82, 2.24) is 4.31 Å². The Labute approximate surface area is 123 Å². The number of rotatable bonds is 5. The van der Waals surface area contributed by atoms with E-state index in [2.05, 4.69) is 0 Å². The van der Waals surface area contributed by atoms with Gasteiger partial charge < -0.3 is 10.2 Å². The van der Waals surface area contributed by atoms with Crippen LogP contribution in [0.15, 0.2) is 45.9 Å². The van der Waals surface area contributed by atoms with Crippen molar-refractivity contribution in [3.8, 4) is 0 Å². The molecular formula is C13H15ClN2O3S. The molecule has 7 heteroatoms. The molecule has 0 radical (unpaired) electrons. The highest BCUT2D eigenvalue weighted by Gasteiger charge is 2.26. The van der Waals surface area contributed by atoms with Crippen LogP contribution < -0.4 is 5.73 Å². The molecule has 1 aromatic carbocycles. The summed E-state index contributed by atoms with van der Waals surface area (Å²) in [5.74, 6) is 0.566. The van der Waals surface area contributed by atoms with Crippen LogP contribution in [-0.4, -0.2) is 19.3 Å². The SMILES string of the molecule is CCN(Cc1ccco1)S(=O)(=O)c1cc(Cl)ccc1N. The van der Waals surface area contributed by atoms with Crippen LogP contribution in [0.5, 0.6) is 0 Å². The smallest absolute Gasteiger partial charge is 0.245 e. The van der Waals surface area contributed by atoms with Crippen molar-refractivity contribution in [2.24, 2.45) is 0 Å². The number of hydrogen-bond acceptors (Lipinski definition) is 4. The van der Waals surface area contributed by atoms with Crippen LogP contribution in [0, 0.1) is 0 Å². The van der Waals surface area contributed by atoms with Crippen molar-refractivity contribution in [1.29, 1.82) is 0 Å². The molecule has 1 heterocycles. The predicted molar refractivity (Wildman–Crippen MR) is 77.8 cm³/mol. The minimum absolute atomic E-state index is 0.0124. The van der Waals surface area contributed by atoms with Gasteiger partial charge in [0.05, 0.1) is 18.5 Å². The highest BCUT2D eigenvalue weighted by molar-refractivity contribution is 7.89. The lowest BCUT2D eigenvalue weighted by Crippen LogP contribution is -2.30. The first-order valence-electron chi connectivity index (χ1n) is 6.02. The van der Waals surface area contributed by atoms with Gasteiger partial charge in [0.15, 0.2) is 0 Å². The molecule has 2 rings (SSSR count). The van der Waals surface area contributed by atoms with E-state index in [1.807, 2.05) is 0 Å². The van der Waals surface area contributed by atoms with Crippen molar-refractivity contribution in [2.45, 2.75) is 18.4 Å². The minimum Gasteiger partial charge on any atom is -0.468 e. The average molecular weight is 315 g/mol. The molecule has 0 unspecified atom stereocenters. The standard InChI is InChI=1S/C13H15ClN2O3S/c1-2-16(9-11-4-3-7-19-11)20(17,18)13-8-10(14)5-6-12(13)15/h3-8H,2,9,15H2,1H3. The maximum Gasteiger partial charge on any atom is 0.245 e. The lowest BCUT2D eigenvalue weighted by molar-refractivity contribution is 0.375. The van der Waals surface area contributed by atoms with Crippen LogP contribution in [0.4, 0.5) is 5.69 Å². The van der Waals surface area contributed by atoms with E-state index in [-0.39, 0.29) is 17.1 Å². The number of nitrogens with two attached hydrogens (primary N) is 1. The Morgan fingerprint density at radius 3 is 2.70 bits per heavy atom. The molecule has 20 heavy (non-hydrogen) atoms. The Balaban J connectivity index is 2.38. The fourth-order valence-electron chi connectivity index (χ4n) is 1.81. The number of furan rings is 1. The first kappa shape index (κ1) is 14.9. The second-order valence-corrected chi connectivity index (χ2v) is 6.54. The number of nitrogens with zero attached hydrogens (tertiary/aromatic N) is 1. The molecule has 0 saturated carbocycles. The Kier molecular flexibility index (Phi) is 4.37. The molecule has 0 aliphatic rings. The highest BCUT2D eigenvalue weighted by Crippen LogP contribution is 2.26. The number of nitrogen functional groups attached to an aromatic ring is 1. The van der Waals surface area contributed by atoms with Gasteiger partial charge in [0, 0.05) is 11.6 Å². The second-order valence-electron chi connectivity index (χ2n) is 4.19. The quantitative estimate of drug-likeness (QED) is 0.861. The predicted octanol–water partition coefficient (Wildman–Crippen LogP) is 2.73. The summed E-state index contributed by atoms with van der Waals surface area (Å²) in [5, 5.41) is 0.326. The van der Waals surface area contributed by atoms with Crippen LogP contribution in [0.3, 0.4) is 0 Å². The van der Waals surface area contributed by atoms with E-state index in [0.717, 1.165) is 0 Å². The van der Waals surface area contributed by atoms with Gasteiger partial charge in [-0.15, -0.1) is 0 Å². The fraction of sp³-hybridized carbons (Fsp3) is 0.231. The van der Waals surface area contributed by atoms with Gasteiger partial charge in [0.1, 0.15) is 10.7 Å². The van der Waals surface area contributed by atoms with E-state index in [1.54, 1.807) is 25.1 Å². The van der Waals surface area contributed by atoms with E-state index in [0.29, 0.717) is 17.3 Å². The van der Waals surface area contributed by atoms with Gasteiger partial charge in [-0.25, -0.2) is 8.42 Å². The summed E-state index contributed by atoms with van der Waals surface area (Å²) in [6.45, 7) is 2.20. The summed E-state index contributed by atoms with van der Waals surface area (Å²) in [6, 6.07) is 7.83. The largest absolute Gasteiger partial charge is 0.468 e. The molecule has 2 N–H and O–H groups in total. The number of benzene rings is 1. The molecule has 0 atom stereocenters. The third-order valence-corrected chi connectivity index (χ3v) is 5.07. The zero-order valence-electron chi connectivity index (χ0n) is 10.9. The Morgan fingerprint density at radius 1 is 1.35 bits per heavy atom. The second kappa shape index (κ2) is 5.87. The normalized spacial score (nSPS) is 11.9. The number of hydrogen-bond donors (Lipinski definition) is 1. The molecule has 0 saturated heterocycles. The molecule has 0 spiro atoms. The first-order valence-corrected chi connectivity index (χ1v) is 7.84. The molecule has 0 aliphatic heterocycles. The van der Waals surface area contributed by atoms with Crippen LogP contribution in [-0.2, 0) is 16.6 Å². The Hall–Kier alpha value is -1.50. The molecule has 108 valence electrons. The highest BCUT2D eigenvalue weighted by atomic mass is 35.5. The van der Waals surface area contributed by atoms with E-state index in [4.69, 9.17) is 21.8 Å². The number of sulfonamides is 1. The van der Waals surface area contributed by atoms with Crippen molar-refractivity contribution in [3.05, 3.63) is 47.4 Å². The van der Waals surface area contributed by atoms with E-state index >= 15 is 0 Å². The number of halogens is 1. The van der Waals surface area contributed by atoms with Gasteiger partial charge in [-0.3, -0.25) is 0 Å². The van der Waals surface area contributed by atoms with Crippen LogP contribution in [0.2, 0.25) is 5.02 Å². The van der Waals surface area contributed by atoms with E-state index in [1.165, 1.54) is 22.7 Å². The topological polar surface area (TPSA) is 76.5 Å². The van der Waals surface area contributed by atoms with Gasteiger partial charge in [-0.05, 0) is 30.3 Å². The van der Waals surface area contributed by atoms with Crippen LogP contribution >= 0.6 is 11.6 Å². The summed E-state index contributed by atoms with van der Waals surface area (Å²) in [7, 11) is -3.72. The maximum absolute atomic E-state index is 12.6. The third kappa shape index (κ3) is 2.98. The van der Waals surface area contributed by atoms with Crippen LogP contribution in [0.1, 0.15) is 12.7 Å². The van der Waals surface area contributed by atoms with Crippen molar-refractivity contribution >= 4 is 27.3 Å². The zero-order chi connectivity index (χ0) is 14.8. The van der Waals surface area contributed by atoms with Gasteiger partial charge in [0.2, 0.25) is 10.0 Å². The Bertz CT molecular complexity index is 684. The maximum atomic E-state index is 12.6. The monoisotopic (exact) mass is 314 g/mol. The molecule has 2 aromatic rings. The molecule has 5 nitrogen and oxygen atoms in total. The fourth-order valence-corrected chi connectivity index (χ4v) is 3.61.